The van der Waals surface area contributed by atoms with Gasteiger partial charge in [0.2, 0.25) is 5.91 Å². The number of ketones is 1. The van der Waals surface area contributed by atoms with Gasteiger partial charge in [0.15, 0.2) is 5.78 Å². The summed E-state index contributed by atoms with van der Waals surface area (Å²) in [5.74, 6) is -0.413. The zero-order valence-corrected chi connectivity index (χ0v) is 9.68. The molecule has 18 heavy (non-hydrogen) atoms. The van der Waals surface area contributed by atoms with Crippen molar-refractivity contribution in [3.05, 3.63) is 29.8 Å². The Labute approximate surface area is 104 Å². The Hall–Kier alpha value is -2.37. The summed E-state index contributed by atoms with van der Waals surface area (Å²) in [6.45, 7) is 0.468. The first-order valence-corrected chi connectivity index (χ1v) is 5.54. The molecule has 0 saturated carbocycles. The first-order valence-electron chi connectivity index (χ1n) is 5.54. The van der Waals surface area contributed by atoms with Crippen LogP contribution in [0.3, 0.4) is 0 Å². The summed E-state index contributed by atoms with van der Waals surface area (Å²) in [4.78, 5) is 35.5. The summed E-state index contributed by atoms with van der Waals surface area (Å²) in [5.41, 5.74) is 6.19. The SMILES string of the molecule is NC(=O)NC(=O)CN1CCC(=O)c2ccccc21. The predicted octanol–water partition coefficient (Wildman–Crippen LogP) is 0.274. The van der Waals surface area contributed by atoms with Crippen molar-refractivity contribution < 1.29 is 14.4 Å². The fraction of sp³-hybridized carbons (Fsp3) is 0.250. The van der Waals surface area contributed by atoms with Gasteiger partial charge in [0, 0.05) is 24.2 Å². The number of imide groups is 1. The number of primary amides is 1. The Balaban J connectivity index is 2.16. The van der Waals surface area contributed by atoms with E-state index in [0.29, 0.717) is 24.2 Å². The molecule has 3 amide bonds. The number of nitrogens with one attached hydrogen (secondary N) is 1. The molecular formula is C12H13N3O3. The van der Waals surface area contributed by atoms with Crippen molar-refractivity contribution in [3.8, 4) is 0 Å². The highest BCUT2D eigenvalue weighted by atomic mass is 16.2. The number of Topliss-reactive ketones (excluding diaryl/α,β-unsaturated/α-hetero) is 1. The predicted molar refractivity (Wildman–Crippen MR) is 65.3 cm³/mol. The van der Waals surface area contributed by atoms with Crippen LogP contribution in [0.4, 0.5) is 10.5 Å². The van der Waals surface area contributed by atoms with Gasteiger partial charge in [-0.3, -0.25) is 14.9 Å². The largest absolute Gasteiger partial charge is 0.361 e. The van der Waals surface area contributed by atoms with Gasteiger partial charge in [-0.2, -0.15) is 0 Å². The maximum absolute atomic E-state index is 11.7. The van der Waals surface area contributed by atoms with Crippen molar-refractivity contribution in [2.45, 2.75) is 6.42 Å². The molecule has 1 aromatic carbocycles. The van der Waals surface area contributed by atoms with Crippen molar-refractivity contribution in [1.82, 2.24) is 5.32 Å². The second kappa shape index (κ2) is 4.87. The summed E-state index contributed by atoms with van der Waals surface area (Å²) in [6.07, 6.45) is 0.362. The molecule has 0 aliphatic carbocycles. The van der Waals surface area contributed by atoms with E-state index in [1.165, 1.54) is 0 Å². The zero-order valence-electron chi connectivity index (χ0n) is 9.68. The number of benzene rings is 1. The Morgan fingerprint density at radius 1 is 1.33 bits per heavy atom. The third-order valence-corrected chi connectivity index (χ3v) is 2.75. The molecular weight excluding hydrogens is 234 g/mol. The van der Waals surface area contributed by atoms with Crippen molar-refractivity contribution in [2.75, 3.05) is 18.0 Å². The number of carbonyl (C=O) groups excluding carboxylic acids is 3. The van der Waals surface area contributed by atoms with Gasteiger partial charge in [-0.05, 0) is 12.1 Å². The van der Waals surface area contributed by atoms with Crippen molar-refractivity contribution in [2.24, 2.45) is 5.73 Å². The Bertz CT molecular complexity index is 513. The van der Waals surface area contributed by atoms with E-state index < -0.39 is 11.9 Å². The van der Waals surface area contributed by atoms with Crippen LogP contribution in [0.1, 0.15) is 16.8 Å². The third-order valence-electron chi connectivity index (χ3n) is 2.75. The number of nitrogens with zero attached hydrogens (tertiary/aromatic N) is 1. The number of fused-ring (bicyclic) bond motifs is 1. The standard InChI is InChI=1S/C12H13N3O3/c13-12(18)14-11(17)7-15-6-5-10(16)8-3-1-2-4-9(8)15/h1-4H,5-7H2,(H3,13,14,17,18). The van der Waals surface area contributed by atoms with Crippen LogP contribution in [0.15, 0.2) is 24.3 Å². The summed E-state index contributed by atoms with van der Waals surface area (Å²) < 4.78 is 0. The number of para-hydroxylation sites is 1. The van der Waals surface area contributed by atoms with E-state index in [1.807, 2.05) is 5.32 Å². The lowest BCUT2D eigenvalue weighted by molar-refractivity contribution is -0.118. The fourth-order valence-corrected chi connectivity index (χ4v) is 1.99. The average Bonchev–Trinajstić information content (AvgIpc) is 2.32. The number of anilines is 1. The number of carbonyl (C=O) groups is 3. The van der Waals surface area contributed by atoms with Gasteiger partial charge in [-0.1, -0.05) is 12.1 Å². The number of nitrogens with two attached hydrogens (primary N) is 1. The van der Waals surface area contributed by atoms with E-state index in [1.54, 1.807) is 29.2 Å². The molecule has 0 bridgehead atoms. The highest BCUT2D eigenvalue weighted by molar-refractivity contribution is 6.04. The van der Waals surface area contributed by atoms with E-state index in [9.17, 15) is 14.4 Å². The molecule has 3 N–H and O–H groups in total. The molecule has 6 nitrogen and oxygen atoms in total. The Morgan fingerprint density at radius 2 is 2.06 bits per heavy atom. The minimum Gasteiger partial charge on any atom is -0.361 e. The van der Waals surface area contributed by atoms with Gasteiger partial charge >= 0.3 is 6.03 Å². The van der Waals surface area contributed by atoms with E-state index in [-0.39, 0.29) is 12.3 Å². The van der Waals surface area contributed by atoms with Crippen molar-refractivity contribution in [3.63, 3.8) is 0 Å². The molecule has 0 unspecified atom stereocenters. The van der Waals surface area contributed by atoms with Gasteiger partial charge < -0.3 is 10.6 Å². The summed E-state index contributed by atoms with van der Waals surface area (Å²) in [7, 11) is 0. The minimum atomic E-state index is -0.874. The lowest BCUT2D eigenvalue weighted by Crippen LogP contribution is -2.44. The second-order valence-electron chi connectivity index (χ2n) is 4.02. The van der Waals surface area contributed by atoms with Crippen LogP contribution >= 0.6 is 0 Å². The minimum absolute atomic E-state index is 0.00718. The molecule has 0 aromatic heterocycles. The molecule has 0 radical (unpaired) electrons. The van der Waals surface area contributed by atoms with Gasteiger partial charge in [-0.15, -0.1) is 0 Å². The number of amides is 3. The molecule has 0 fully saturated rings. The Kier molecular flexibility index (Phi) is 3.27. The molecule has 1 aliphatic rings. The smallest absolute Gasteiger partial charge is 0.318 e. The zero-order chi connectivity index (χ0) is 13.1. The van der Waals surface area contributed by atoms with Crippen LogP contribution in [0.25, 0.3) is 0 Å². The molecule has 1 heterocycles. The molecule has 0 atom stereocenters. The number of hydrogen-bond donors (Lipinski definition) is 2. The topological polar surface area (TPSA) is 92.5 Å². The van der Waals surface area contributed by atoms with Crippen LogP contribution in [-0.2, 0) is 4.79 Å². The molecule has 1 aromatic rings. The van der Waals surface area contributed by atoms with E-state index in [0.717, 1.165) is 0 Å². The van der Waals surface area contributed by atoms with E-state index in [4.69, 9.17) is 5.73 Å². The van der Waals surface area contributed by atoms with Crippen LogP contribution in [0.2, 0.25) is 0 Å². The monoisotopic (exact) mass is 247 g/mol. The number of rotatable bonds is 2. The lowest BCUT2D eigenvalue weighted by atomic mass is 10.0. The highest BCUT2D eigenvalue weighted by Crippen LogP contribution is 2.26. The van der Waals surface area contributed by atoms with Crippen molar-refractivity contribution >= 4 is 23.4 Å². The van der Waals surface area contributed by atoms with Gasteiger partial charge in [0.1, 0.15) is 0 Å². The first kappa shape index (κ1) is 12.1. The van der Waals surface area contributed by atoms with Gasteiger partial charge in [-0.25, -0.2) is 4.79 Å². The van der Waals surface area contributed by atoms with Gasteiger partial charge in [0.25, 0.3) is 0 Å². The number of urea groups is 1. The first-order chi connectivity index (χ1) is 8.58. The Morgan fingerprint density at radius 3 is 2.78 bits per heavy atom. The van der Waals surface area contributed by atoms with Crippen LogP contribution < -0.4 is 16.0 Å². The summed E-state index contributed by atoms with van der Waals surface area (Å²) >= 11 is 0. The average molecular weight is 247 g/mol. The van der Waals surface area contributed by atoms with Crippen LogP contribution in [0, 0.1) is 0 Å². The maximum Gasteiger partial charge on any atom is 0.318 e. The second-order valence-corrected chi connectivity index (χ2v) is 4.02. The van der Waals surface area contributed by atoms with Crippen molar-refractivity contribution in [1.29, 1.82) is 0 Å². The normalized spacial score (nSPS) is 14.0. The highest BCUT2D eigenvalue weighted by Gasteiger charge is 2.24. The fourth-order valence-electron chi connectivity index (χ4n) is 1.99. The van der Waals surface area contributed by atoms with E-state index in [2.05, 4.69) is 0 Å². The summed E-state index contributed by atoms with van der Waals surface area (Å²) in [5, 5.41) is 2.01. The van der Waals surface area contributed by atoms with Crippen LogP contribution in [-0.4, -0.2) is 30.8 Å². The summed E-state index contributed by atoms with van der Waals surface area (Å²) in [6, 6.07) is 6.22. The third kappa shape index (κ3) is 2.48. The van der Waals surface area contributed by atoms with Gasteiger partial charge in [0.05, 0.1) is 6.54 Å². The number of hydrogen-bond acceptors (Lipinski definition) is 4. The molecule has 6 heteroatoms. The maximum atomic E-state index is 11.7. The molecule has 1 aliphatic heterocycles. The quantitative estimate of drug-likeness (QED) is 0.784. The molecule has 0 saturated heterocycles. The van der Waals surface area contributed by atoms with Crippen LogP contribution in [0.5, 0.6) is 0 Å². The molecule has 2 rings (SSSR count). The molecule has 0 spiro atoms. The molecule has 94 valence electrons. The van der Waals surface area contributed by atoms with E-state index >= 15 is 0 Å². The lowest BCUT2D eigenvalue weighted by Gasteiger charge is -2.29.